The second-order valence-corrected chi connectivity index (χ2v) is 4.26. The van der Waals surface area contributed by atoms with E-state index in [9.17, 15) is 4.79 Å². The summed E-state index contributed by atoms with van der Waals surface area (Å²) < 4.78 is 2.00. The molecular formula is C15H18N2O. The molecule has 0 radical (unpaired) electrons. The smallest absolute Gasteiger partial charge is 0.185 e. The molecule has 3 heteroatoms. The molecule has 1 heterocycles. The number of Topliss-reactive ketones (excluding diaryl/α,β-unsaturated/α-hetero) is 1. The van der Waals surface area contributed by atoms with E-state index in [1.807, 2.05) is 48.0 Å². The zero-order valence-electron chi connectivity index (χ0n) is 10.8. The van der Waals surface area contributed by atoms with Gasteiger partial charge in [-0.3, -0.25) is 4.79 Å². The van der Waals surface area contributed by atoms with E-state index in [0.717, 1.165) is 24.2 Å². The van der Waals surface area contributed by atoms with Gasteiger partial charge < -0.3 is 4.57 Å². The van der Waals surface area contributed by atoms with Gasteiger partial charge in [0, 0.05) is 24.4 Å². The van der Waals surface area contributed by atoms with Crippen LogP contribution in [0.1, 0.15) is 42.5 Å². The number of carbonyl (C=O) groups excluding carboxylic acids is 1. The maximum absolute atomic E-state index is 12.5. The number of nitrogens with zero attached hydrogens (tertiary/aromatic N) is 2. The maximum Gasteiger partial charge on any atom is 0.185 e. The van der Waals surface area contributed by atoms with Gasteiger partial charge in [-0.15, -0.1) is 0 Å². The second-order valence-electron chi connectivity index (χ2n) is 4.26. The molecule has 0 saturated heterocycles. The summed E-state index contributed by atoms with van der Waals surface area (Å²) >= 11 is 0. The first-order valence-electron chi connectivity index (χ1n) is 6.38. The number of hydrogen-bond acceptors (Lipinski definition) is 2. The summed E-state index contributed by atoms with van der Waals surface area (Å²) in [6, 6.07) is 9.31. The molecule has 0 amide bonds. The quantitative estimate of drug-likeness (QED) is 0.754. The molecule has 3 nitrogen and oxygen atoms in total. The molecule has 1 unspecified atom stereocenters. The van der Waals surface area contributed by atoms with Gasteiger partial charge in [-0.25, -0.2) is 4.98 Å². The van der Waals surface area contributed by atoms with Gasteiger partial charge in [0.15, 0.2) is 5.78 Å². The van der Waals surface area contributed by atoms with Crippen molar-refractivity contribution in [1.82, 2.24) is 9.55 Å². The number of ketones is 1. The molecular weight excluding hydrogens is 224 g/mol. The fraction of sp³-hybridized carbons (Fsp3) is 0.333. The Morgan fingerprint density at radius 3 is 2.61 bits per heavy atom. The van der Waals surface area contributed by atoms with E-state index in [1.165, 1.54) is 0 Å². The normalized spacial score (nSPS) is 12.3. The fourth-order valence-electron chi connectivity index (χ4n) is 2.20. The van der Waals surface area contributed by atoms with Gasteiger partial charge in [-0.05, 0) is 6.42 Å². The molecule has 0 N–H and O–H groups in total. The van der Waals surface area contributed by atoms with Crippen molar-refractivity contribution >= 4 is 5.78 Å². The molecule has 0 aliphatic heterocycles. The molecule has 1 aromatic heterocycles. The topological polar surface area (TPSA) is 34.9 Å². The lowest BCUT2D eigenvalue weighted by Gasteiger charge is -2.17. The molecule has 0 fully saturated rings. The fourth-order valence-corrected chi connectivity index (χ4v) is 2.20. The predicted octanol–water partition coefficient (Wildman–Crippen LogP) is 3.28. The van der Waals surface area contributed by atoms with Crippen molar-refractivity contribution in [2.45, 2.75) is 32.7 Å². The highest BCUT2D eigenvalue weighted by atomic mass is 16.1. The lowest BCUT2D eigenvalue weighted by Crippen LogP contribution is -2.20. The van der Waals surface area contributed by atoms with Crippen LogP contribution in [0, 0.1) is 0 Å². The van der Waals surface area contributed by atoms with Gasteiger partial charge >= 0.3 is 0 Å². The summed E-state index contributed by atoms with van der Waals surface area (Å²) in [7, 11) is 0. The van der Waals surface area contributed by atoms with Gasteiger partial charge in [-0.1, -0.05) is 44.2 Å². The van der Waals surface area contributed by atoms with E-state index in [1.54, 1.807) is 6.20 Å². The van der Waals surface area contributed by atoms with Crippen LogP contribution in [0.4, 0.5) is 0 Å². The molecule has 94 valence electrons. The second kappa shape index (κ2) is 5.63. The Hall–Kier alpha value is -1.90. The Morgan fingerprint density at radius 2 is 2.00 bits per heavy atom. The Morgan fingerprint density at radius 1 is 1.28 bits per heavy atom. The molecule has 0 saturated carbocycles. The van der Waals surface area contributed by atoms with Crippen molar-refractivity contribution in [2.24, 2.45) is 0 Å². The largest absolute Gasteiger partial charge is 0.324 e. The molecule has 2 rings (SSSR count). The van der Waals surface area contributed by atoms with Crippen LogP contribution >= 0.6 is 0 Å². The van der Waals surface area contributed by atoms with Gasteiger partial charge in [0.05, 0.1) is 6.04 Å². The number of hydrogen-bond donors (Lipinski definition) is 0. The Labute approximate surface area is 107 Å². The van der Waals surface area contributed by atoms with Crippen molar-refractivity contribution in [2.75, 3.05) is 0 Å². The van der Waals surface area contributed by atoms with E-state index in [-0.39, 0.29) is 11.8 Å². The van der Waals surface area contributed by atoms with E-state index in [0.29, 0.717) is 0 Å². The Kier molecular flexibility index (Phi) is 3.92. The summed E-state index contributed by atoms with van der Waals surface area (Å²) in [5.74, 6) is 1.12. The third-order valence-electron chi connectivity index (χ3n) is 3.15. The highest BCUT2D eigenvalue weighted by Gasteiger charge is 2.21. The van der Waals surface area contributed by atoms with E-state index in [2.05, 4.69) is 11.9 Å². The molecule has 0 spiro atoms. The highest BCUT2D eigenvalue weighted by Crippen LogP contribution is 2.20. The first kappa shape index (κ1) is 12.6. The Balaban J connectivity index is 2.32. The molecule has 18 heavy (non-hydrogen) atoms. The molecule has 2 aromatic rings. The van der Waals surface area contributed by atoms with Crippen molar-refractivity contribution in [1.29, 1.82) is 0 Å². The predicted molar refractivity (Wildman–Crippen MR) is 71.7 cm³/mol. The summed E-state index contributed by atoms with van der Waals surface area (Å²) in [5.41, 5.74) is 0.764. The van der Waals surface area contributed by atoms with Crippen molar-refractivity contribution in [3.63, 3.8) is 0 Å². The van der Waals surface area contributed by atoms with Crippen molar-refractivity contribution in [3.8, 4) is 0 Å². The van der Waals surface area contributed by atoms with Crippen molar-refractivity contribution in [3.05, 3.63) is 54.1 Å². The lowest BCUT2D eigenvalue weighted by molar-refractivity contribution is 0.0920. The minimum Gasteiger partial charge on any atom is -0.324 e. The molecule has 1 atom stereocenters. The number of imidazole rings is 1. The van der Waals surface area contributed by atoms with E-state index in [4.69, 9.17) is 0 Å². The number of aromatic nitrogens is 2. The standard InChI is InChI=1S/C15H18N2O/c1-3-13(17-11-10-16-14(17)4-2)15(18)12-8-6-5-7-9-12/h5-11,13H,3-4H2,1-2H3. The lowest BCUT2D eigenvalue weighted by atomic mass is 10.0. The molecule has 0 bridgehead atoms. The minimum absolute atomic E-state index is 0.148. The summed E-state index contributed by atoms with van der Waals surface area (Å²) in [5, 5.41) is 0. The van der Waals surface area contributed by atoms with Gasteiger partial charge in [0.25, 0.3) is 0 Å². The molecule has 1 aromatic carbocycles. The number of carbonyl (C=O) groups is 1. The first-order chi connectivity index (χ1) is 8.77. The van der Waals surface area contributed by atoms with Crippen LogP contribution in [0.15, 0.2) is 42.7 Å². The van der Waals surface area contributed by atoms with Crippen LogP contribution < -0.4 is 0 Å². The first-order valence-corrected chi connectivity index (χ1v) is 6.38. The van der Waals surface area contributed by atoms with Gasteiger partial charge in [-0.2, -0.15) is 0 Å². The molecule has 0 aliphatic carbocycles. The monoisotopic (exact) mass is 242 g/mol. The van der Waals surface area contributed by atoms with Crippen LogP contribution in [0.5, 0.6) is 0 Å². The zero-order chi connectivity index (χ0) is 13.0. The SMILES string of the molecule is CCc1nccn1C(CC)C(=O)c1ccccc1. The average molecular weight is 242 g/mol. The van der Waals surface area contributed by atoms with Crippen LogP contribution in [-0.4, -0.2) is 15.3 Å². The summed E-state index contributed by atoms with van der Waals surface area (Å²) in [4.78, 5) is 16.8. The van der Waals surface area contributed by atoms with Crippen LogP contribution in [0.25, 0.3) is 0 Å². The van der Waals surface area contributed by atoms with Crippen LogP contribution in [0.3, 0.4) is 0 Å². The van der Waals surface area contributed by atoms with E-state index < -0.39 is 0 Å². The number of rotatable bonds is 5. The third kappa shape index (κ3) is 2.35. The third-order valence-corrected chi connectivity index (χ3v) is 3.15. The maximum atomic E-state index is 12.5. The summed E-state index contributed by atoms with van der Waals surface area (Å²) in [6.07, 6.45) is 5.27. The van der Waals surface area contributed by atoms with Gasteiger partial charge in [0.1, 0.15) is 5.82 Å². The van der Waals surface area contributed by atoms with Crippen LogP contribution in [-0.2, 0) is 6.42 Å². The summed E-state index contributed by atoms with van der Waals surface area (Å²) in [6.45, 7) is 4.09. The Bertz CT molecular complexity index is 516. The minimum atomic E-state index is -0.148. The van der Waals surface area contributed by atoms with Crippen molar-refractivity contribution < 1.29 is 4.79 Å². The molecule has 0 aliphatic rings. The average Bonchev–Trinajstić information content (AvgIpc) is 2.89. The highest BCUT2D eigenvalue weighted by molar-refractivity contribution is 5.98. The number of benzene rings is 1. The van der Waals surface area contributed by atoms with E-state index >= 15 is 0 Å². The van der Waals surface area contributed by atoms with Crippen LogP contribution in [0.2, 0.25) is 0 Å². The zero-order valence-corrected chi connectivity index (χ0v) is 10.8. The van der Waals surface area contributed by atoms with Gasteiger partial charge in [0.2, 0.25) is 0 Å². The number of aryl methyl sites for hydroxylation is 1.